The molecule has 0 atom stereocenters. The van der Waals surface area contributed by atoms with Gasteiger partial charge in [0.25, 0.3) is 0 Å². The van der Waals surface area contributed by atoms with E-state index < -0.39 is 0 Å². The van der Waals surface area contributed by atoms with Crippen LogP contribution in [0.1, 0.15) is 11.1 Å². The Kier molecular flexibility index (Phi) is 3.52. The summed E-state index contributed by atoms with van der Waals surface area (Å²) in [6, 6.07) is 11.8. The van der Waals surface area contributed by atoms with Crippen LogP contribution in [-0.2, 0) is 0 Å². The first kappa shape index (κ1) is 13.8. The number of hydrogen-bond donors (Lipinski definition) is 0. The van der Waals surface area contributed by atoms with E-state index in [-0.39, 0.29) is 0 Å². The van der Waals surface area contributed by atoms with Gasteiger partial charge in [0, 0.05) is 5.39 Å². The van der Waals surface area contributed by atoms with Crippen LogP contribution in [0, 0.1) is 13.8 Å². The van der Waals surface area contributed by atoms with Crippen molar-refractivity contribution in [2.45, 2.75) is 13.8 Å². The Bertz CT molecular complexity index is 830. The van der Waals surface area contributed by atoms with Crippen LogP contribution in [-0.4, -0.2) is 17.1 Å². The molecule has 106 valence electrons. The zero-order valence-electron chi connectivity index (χ0n) is 12.1. The standard InChI is InChI=1S/C17H15ClN2O/c1-10-7-8-14(21-3)12(9-10)17-19-13-6-4-5-11(2)15(13)16(18)20-17/h4-9H,1-3H3. The van der Waals surface area contributed by atoms with Gasteiger partial charge in [-0.05, 0) is 37.6 Å². The molecule has 3 rings (SSSR count). The Balaban J connectivity index is 2.29. The van der Waals surface area contributed by atoms with E-state index in [1.807, 2.05) is 50.2 Å². The molecule has 0 spiro atoms. The third-order valence-electron chi connectivity index (χ3n) is 3.48. The van der Waals surface area contributed by atoms with Gasteiger partial charge in [0.15, 0.2) is 5.82 Å². The number of halogens is 1. The summed E-state index contributed by atoms with van der Waals surface area (Å²) in [5.41, 5.74) is 3.88. The van der Waals surface area contributed by atoms with E-state index in [0.29, 0.717) is 11.0 Å². The number of ether oxygens (including phenoxy) is 1. The summed E-state index contributed by atoms with van der Waals surface area (Å²) < 4.78 is 5.41. The maximum absolute atomic E-state index is 6.36. The lowest BCUT2D eigenvalue weighted by atomic mass is 10.1. The van der Waals surface area contributed by atoms with Gasteiger partial charge >= 0.3 is 0 Å². The van der Waals surface area contributed by atoms with Crippen molar-refractivity contribution in [3.05, 3.63) is 52.7 Å². The average Bonchev–Trinajstić information content (AvgIpc) is 2.47. The van der Waals surface area contributed by atoms with Crippen LogP contribution in [0.5, 0.6) is 5.75 Å². The van der Waals surface area contributed by atoms with Crippen LogP contribution in [0.15, 0.2) is 36.4 Å². The van der Waals surface area contributed by atoms with Crippen molar-refractivity contribution in [1.82, 2.24) is 9.97 Å². The van der Waals surface area contributed by atoms with Crippen molar-refractivity contribution in [2.24, 2.45) is 0 Å². The van der Waals surface area contributed by atoms with E-state index in [0.717, 1.165) is 33.3 Å². The van der Waals surface area contributed by atoms with Crippen LogP contribution in [0.4, 0.5) is 0 Å². The Hall–Kier alpha value is -2.13. The highest BCUT2D eigenvalue weighted by atomic mass is 35.5. The van der Waals surface area contributed by atoms with Gasteiger partial charge in [-0.1, -0.05) is 35.4 Å². The highest BCUT2D eigenvalue weighted by Crippen LogP contribution is 2.32. The minimum absolute atomic E-state index is 0.469. The molecule has 3 aromatic rings. The van der Waals surface area contributed by atoms with Crippen molar-refractivity contribution in [3.8, 4) is 17.1 Å². The van der Waals surface area contributed by atoms with E-state index in [2.05, 4.69) is 9.97 Å². The van der Waals surface area contributed by atoms with Crippen molar-refractivity contribution >= 4 is 22.5 Å². The van der Waals surface area contributed by atoms with Crippen molar-refractivity contribution < 1.29 is 4.74 Å². The van der Waals surface area contributed by atoms with Crippen molar-refractivity contribution in [2.75, 3.05) is 7.11 Å². The lowest BCUT2D eigenvalue weighted by Crippen LogP contribution is -1.96. The molecular weight excluding hydrogens is 284 g/mol. The van der Waals surface area contributed by atoms with Gasteiger partial charge in [0.05, 0.1) is 18.2 Å². The maximum atomic E-state index is 6.36. The Labute approximate surface area is 128 Å². The first-order chi connectivity index (χ1) is 10.1. The van der Waals surface area contributed by atoms with Gasteiger partial charge in [0.1, 0.15) is 10.9 Å². The fourth-order valence-corrected chi connectivity index (χ4v) is 2.74. The quantitative estimate of drug-likeness (QED) is 0.650. The van der Waals surface area contributed by atoms with Gasteiger partial charge in [-0.15, -0.1) is 0 Å². The number of rotatable bonds is 2. The lowest BCUT2D eigenvalue weighted by Gasteiger charge is -2.10. The highest BCUT2D eigenvalue weighted by Gasteiger charge is 2.13. The molecule has 3 nitrogen and oxygen atoms in total. The van der Waals surface area contributed by atoms with E-state index in [1.54, 1.807) is 7.11 Å². The van der Waals surface area contributed by atoms with Crippen LogP contribution in [0.2, 0.25) is 5.15 Å². The zero-order chi connectivity index (χ0) is 15.0. The van der Waals surface area contributed by atoms with E-state index >= 15 is 0 Å². The normalized spacial score (nSPS) is 10.9. The molecule has 0 N–H and O–H groups in total. The number of hydrogen-bond acceptors (Lipinski definition) is 3. The molecule has 0 saturated heterocycles. The van der Waals surface area contributed by atoms with Crippen molar-refractivity contribution in [1.29, 1.82) is 0 Å². The summed E-state index contributed by atoms with van der Waals surface area (Å²) in [6.07, 6.45) is 0. The first-order valence-electron chi connectivity index (χ1n) is 6.68. The van der Waals surface area contributed by atoms with Gasteiger partial charge in [-0.2, -0.15) is 0 Å². The molecule has 1 aromatic heterocycles. The zero-order valence-corrected chi connectivity index (χ0v) is 12.9. The second-order valence-corrected chi connectivity index (χ2v) is 5.37. The minimum atomic E-state index is 0.469. The number of methoxy groups -OCH3 is 1. The molecule has 0 saturated carbocycles. The summed E-state index contributed by atoms with van der Waals surface area (Å²) in [5, 5.41) is 1.37. The van der Waals surface area contributed by atoms with Crippen LogP contribution < -0.4 is 4.74 Å². The monoisotopic (exact) mass is 298 g/mol. The second kappa shape index (κ2) is 5.34. The Morgan fingerprint density at radius 3 is 2.62 bits per heavy atom. The van der Waals surface area contributed by atoms with Crippen LogP contribution in [0.25, 0.3) is 22.3 Å². The van der Waals surface area contributed by atoms with Crippen LogP contribution >= 0.6 is 11.6 Å². The summed E-state index contributed by atoms with van der Waals surface area (Å²) in [6.45, 7) is 4.03. The van der Waals surface area contributed by atoms with Crippen LogP contribution in [0.3, 0.4) is 0 Å². The third kappa shape index (κ3) is 2.45. The van der Waals surface area contributed by atoms with E-state index in [9.17, 15) is 0 Å². The van der Waals surface area contributed by atoms with Gasteiger partial charge in [-0.3, -0.25) is 0 Å². The summed E-state index contributed by atoms with van der Waals surface area (Å²) >= 11 is 6.36. The number of aryl methyl sites for hydroxylation is 2. The smallest absolute Gasteiger partial charge is 0.165 e. The molecule has 21 heavy (non-hydrogen) atoms. The minimum Gasteiger partial charge on any atom is -0.496 e. The fourth-order valence-electron chi connectivity index (χ4n) is 2.42. The maximum Gasteiger partial charge on any atom is 0.165 e. The largest absolute Gasteiger partial charge is 0.496 e. The summed E-state index contributed by atoms with van der Waals surface area (Å²) in [5.74, 6) is 1.32. The SMILES string of the molecule is COc1ccc(C)cc1-c1nc(Cl)c2c(C)cccc2n1. The number of fused-ring (bicyclic) bond motifs is 1. The summed E-state index contributed by atoms with van der Waals surface area (Å²) in [4.78, 5) is 9.10. The molecule has 0 bridgehead atoms. The molecule has 0 amide bonds. The Morgan fingerprint density at radius 2 is 1.86 bits per heavy atom. The predicted molar refractivity (Wildman–Crippen MR) is 86.0 cm³/mol. The predicted octanol–water partition coefficient (Wildman–Crippen LogP) is 4.58. The average molecular weight is 299 g/mol. The van der Waals surface area contributed by atoms with Gasteiger partial charge in [0.2, 0.25) is 0 Å². The first-order valence-corrected chi connectivity index (χ1v) is 7.06. The molecule has 0 unspecified atom stereocenters. The topological polar surface area (TPSA) is 35.0 Å². The number of nitrogens with zero attached hydrogens (tertiary/aromatic N) is 2. The Morgan fingerprint density at radius 1 is 1.05 bits per heavy atom. The molecule has 0 aliphatic rings. The molecule has 0 aliphatic carbocycles. The molecule has 1 heterocycles. The molecular formula is C17H15ClN2O. The second-order valence-electron chi connectivity index (χ2n) is 5.01. The molecule has 4 heteroatoms. The number of benzene rings is 2. The highest BCUT2D eigenvalue weighted by molar-refractivity contribution is 6.34. The lowest BCUT2D eigenvalue weighted by molar-refractivity contribution is 0.416. The number of aromatic nitrogens is 2. The van der Waals surface area contributed by atoms with Gasteiger partial charge in [-0.25, -0.2) is 9.97 Å². The third-order valence-corrected chi connectivity index (χ3v) is 3.76. The van der Waals surface area contributed by atoms with E-state index in [4.69, 9.17) is 16.3 Å². The molecule has 0 radical (unpaired) electrons. The fraction of sp³-hybridized carbons (Fsp3) is 0.176. The molecule has 2 aromatic carbocycles. The van der Waals surface area contributed by atoms with Crippen molar-refractivity contribution in [3.63, 3.8) is 0 Å². The van der Waals surface area contributed by atoms with Gasteiger partial charge < -0.3 is 4.74 Å². The molecule has 0 aliphatic heterocycles. The summed E-state index contributed by atoms with van der Waals surface area (Å²) in [7, 11) is 1.64. The van der Waals surface area contributed by atoms with E-state index in [1.165, 1.54) is 0 Å². The molecule has 0 fully saturated rings.